The van der Waals surface area contributed by atoms with Gasteiger partial charge in [-0.05, 0) is 47.9 Å². The summed E-state index contributed by atoms with van der Waals surface area (Å²) in [6, 6.07) is 24.6. The molecular weight excluding hydrogens is 414 g/mol. The summed E-state index contributed by atoms with van der Waals surface area (Å²) in [5.41, 5.74) is 2.43. The molecule has 0 bridgehead atoms. The first-order valence-corrected chi connectivity index (χ1v) is 10.8. The largest absolute Gasteiger partial charge is 0.497 e. The molecule has 0 fully saturated rings. The Labute approximate surface area is 192 Å². The van der Waals surface area contributed by atoms with Crippen LogP contribution in [0, 0.1) is 0 Å². The Morgan fingerprint density at radius 2 is 1.73 bits per heavy atom. The van der Waals surface area contributed by atoms with Gasteiger partial charge >= 0.3 is 0 Å². The standard InChI is InChI=1S/C27H25N3O3/c1-33-22-14-11-21(12-15-22)17-18-30(26(31)16-13-20-7-3-2-4-8-20)19-25-28-24-10-6-5-9-23(24)27(32)29-25/h2-16H,17-19H2,1H3,(H,28,29,32). The molecule has 0 aliphatic rings. The van der Waals surface area contributed by atoms with Crippen molar-refractivity contribution >= 4 is 22.9 Å². The van der Waals surface area contributed by atoms with Crippen LogP contribution in [0.4, 0.5) is 0 Å². The molecule has 4 aromatic rings. The molecule has 1 aromatic heterocycles. The van der Waals surface area contributed by atoms with Gasteiger partial charge < -0.3 is 14.6 Å². The van der Waals surface area contributed by atoms with Crippen LogP contribution in [0.15, 0.2) is 89.7 Å². The lowest BCUT2D eigenvalue weighted by Crippen LogP contribution is -2.32. The molecule has 1 heterocycles. The molecule has 0 aliphatic heterocycles. The fourth-order valence-electron chi connectivity index (χ4n) is 3.55. The number of carbonyl (C=O) groups excluding carboxylic acids is 1. The van der Waals surface area contributed by atoms with Crippen LogP contribution in [0.3, 0.4) is 0 Å². The number of carbonyl (C=O) groups is 1. The van der Waals surface area contributed by atoms with Crippen LogP contribution in [0.1, 0.15) is 17.0 Å². The Morgan fingerprint density at radius 3 is 2.48 bits per heavy atom. The molecule has 0 spiro atoms. The summed E-state index contributed by atoms with van der Waals surface area (Å²) in [5.74, 6) is 1.09. The van der Waals surface area contributed by atoms with Gasteiger partial charge in [0.25, 0.3) is 5.56 Å². The fraction of sp³-hybridized carbons (Fsp3) is 0.148. The van der Waals surface area contributed by atoms with E-state index in [2.05, 4.69) is 9.97 Å². The molecule has 0 unspecified atom stereocenters. The van der Waals surface area contributed by atoms with Crippen LogP contribution < -0.4 is 10.3 Å². The average Bonchev–Trinajstić information content (AvgIpc) is 2.86. The lowest BCUT2D eigenvalue weighted by atomic mass is 10.1. The van der Waals surface area contributed by atoms with E-state index in [4.69, 9.17) is 4.74 Å². The van der Waals surface area contributed by atoms with Crippen LogP contribution in [0.25, 0.3) is 17.0 Å². The van der Waals surface area contributed by atoms with Gasteiger partial charge in [-0.25, -0.2) is 4.98 Å². The Kier molecular flexibility index (Phi) is 6.95. The summed E-state index contributed by atoms with van der Waals surface area (Å²) in [6.45, 7) is 0.676. The summed E-state index contributed by atoms with van der Waals surface area (Å²) in [5, 5.41) is 0.529. The van der Waals surface area contributed by atoms with Crippen molar-refractivity contribution in [1.82, 2.24) is 14.9 Å². The highest BCUT2D eigenvalue weighted by molar-refractivity contribution is 5.91. The van der Waals surface area contributed by atoms with Crippen LogP contribution in [0.5, 0.6) is 5.75 Å². The highest BCUT2D eigenvalue weighted by atomic mass is 16.5. The van der Waals surface area contributed by atoms with E-state index in [1.165, 1.54) is 0 Å². The van der Waals surface area contributed by atoms with Crippen molar-refractivity contribution < 1.29 is 9.53 Å². The maximum Gasteiger partial charge on any atom is 0.258 e. The molecule has 0 saturated carbocycles. The van der Waals surface area contributed by atoms with Crippen molar-refractivity contribution in [2.75, 3.05) is 13.7 Å². The normalized spacial score (nSPS) is 11.1. The summed E-state index contributed by atoms with van der Waals surface area (Å²) in [6.07, 6.45) is 4.01. The van der Waals surface area contributed by atoms with Crippen molar-refractivity contribution in [1.29, 1.82) is 0 Å². The zero-order valence-electron chi connectivity index (χ0n) is 18.4. The second-order valence-corrected chi connectivity index (χ2v) is 7.63. The molecule has 0 saturated heterocycles. The summed E-state index contributed by atoms with van der Waals surface area (Å²) in [7, 11) is 1.63. The molecule has 1 N–H and O–H groups in total. The van der Waals surface area contributed by atoms with E-state index >= 15 is 0 Å². The van der Waals surface area contributed by atoms with E-state index in [-0.39, 0.29) is 18.0 Å². The number of benzene rings is 3. The third-order valence-corrected chi connectivity index (χ3v) is 5.36. The number of nitrogens with one attached hydrogen (secondary N) is 1. The molecule has 0 aliphatic carbocycles. The molecule has 0 atom stereocenters. The quantitative estimate of drug-likeness (QED) is 0.417. The first-order valence-electron chi connectivity index (χ1n) is 10.8. The third-order valence-electron chi connectivity index (χ3n) is 5.36. The fourth-order valence-corrected chi connectivity index (χ4v) is 3.55. The van der Waals surface area contributed by atoms with E-state index in [9.17, 15) is 9.59 Å². The van der Waals surface area contributed by atoms with E-state index in [0.717, 1.165) is 16.9 Å². The van der Waals surface area contributed by atoms with Crippen molar-refractivity contribution in [2.45, 2.75) is 13.0 Å². The van der Waals surface area contributed by atoms with Gasteiger partial charge in [0.2, 0.25) is 5.91 Å². The zero-order chi connectivity index (χ0) is 23.0. The lowest BCUT2D eigenvalue weighted by molar-refractivity contribution is -0.126. The van der Waals surface area contributed by atoms with Crippen LogP contribution >= 0.6 is 0 Å². The number of ether oxygens (including phenoxy) is 1. The van der Waals surface area contributed by atoms with E-state index < -0.39 is 0 Å². The van der Waals surface area contributed by atoms with E-state index in [0.29, 0.717) is 29.7 Å². The van der Waals surface area contributed by atoms with Gasteiger partial charge in [0.1, 0.15) is 11.6 Å². The highest BCUT2D eigenvalue weighted by Gasteiger charge is 2.14. The van der Waals surface area contributed by atoms with Gasteiger partial charge in [0.05, 0.1) is 24.6 Å². The molecule has 6 heteroatoms. The smallest absolute Gasteiger partial charge is 0.258 e. The number of aromatic nitrogens is 2. The van der Waals surface area contributed by atoms with Crippen molar-refractivity contribution in [2.24, 2.45) is 0 Å². The Bertz CT molecular complexity index is 1310. The van der Waals surface area contributed by atoms with Crippen LogP contribution in [0.2, 0.25) is 0 Å². The number of nitrogens with zero attached hydrogens (tertiary/aromatic N) is 2. The maximum atomic E-state index is 13.1. The predicted octanol–water partition coefficient (Wildman–Crippen LogP) is 4.22. The second kappa shape index (κ2) is 10.4. The number of methoxy groups -OCH3 is 1. The van der Waals surface area contributed by atoms with Gasteiger partial charge in [0.15, 0.2) is 0 Å². The van der Waals surface area contributed by atoms with Gasteiger partial charge in [-0.2, -0.15) is 0 Å². The molecule has 166 valence electrons. The molecule has 3 aromatic carbocycles. The Balaban J connectivity index is 1.56. The van der Waals surface area contributed by atoms with E-state index in [1.807, 2.05) is 60.7 Å². The van der Waals surface area contributed by atoms with Crippen molar-refractivity contribution in [3.05, 3.63) is 112 Å². The topological polar surface area (TPSA) is 75.3 Å². The summed E-state index contributed by atoms with van der Waals surface area (Å²) >= 11 is 0. The number of hydrogen-bond donors (Lipinski definition) is 1. The minimum Gasteiger partial charge on any atom is -0.497 e. The molecule has 4 rings (SSSR count). The Hall–Kier alpha value is -4.19. The number of amides is 1. The second-order valence-electron chi connectivity index (χ2n) is 7.63. The summed E-state index contributed by atoms with van der Waals surface area (Å²) < 4.78 is 5.22. The first-order chi connectivity index (χ1) is 16.1. The third kappa shape index (κ3) is 5.74. The average molecular weight is 440 g/mol. The number of fused-ring (bicyclic) bond motifs is 1. The van der Waals surface area contributed by atoms with Crippen LogP contribution in [-0.2, 0) is 17.8 Å². The SMILES string of the molecule is COc1ccc(CCN(Cc2nc3ccccc3c(=O)[nH]2)C(=O)C=Cc2ccccc2)cc1. The van der Waals surface area contributed by atoms with Gasteiger partial charge in [-0.15, -0.1) is 0 Å². The molecule has 0 radical (unpaired) electrons. The summed E-state index contributed by atoms with van der Waals surface area (Å²) in [4.78, 5) is 34.6. The molecule has 6 nitrogen and oxygen atoms in total. The Morgan fingerprint density at radius 1 is 1.00 bits per heavy atom. The highest BCUT2D eigenvalue weighted by Crippen LogP contribution is 2.13. The van der Waals surface area contributed by atoms with Gasteiger partial charge in [-0.1, -0.05) is 54.6 Å². The first kappa shape index (κ1) is 22.0. The lowest BCUT2D eigenvalue weighted by Gasteiger charge is -2.21. The minimum absolute atomic E-state index is 0.150. The molecule has 1 amide bonds. The minimum atomic E-state index is -0.210. The number of aromatic amines is 1. The number of para-hydroxylation sites is 1. The van der Waals surface area contributed by atoms with Crippen LogP contribution in [-0.4, -0.2) is 34.4 Å². The molecular formula is C27H25N3O3. The maximum absolute atomic E-state index is 13.1. The zero-order valence-corrected chi connectivity index (χ0v) is 18.4. The monoisotopic (exact) mass is 439 g/mol. The number of H-pyrrole nitrogens is 1. The van der Waals surface area contributed by atoms with Crippen molar-refractivity contribution in [3.8, 4) is 5.75 Å². The van der Waals surface area contributed by atoms with Gasteiger partial charge in [-0.3, -0.25) is 9.59 Å². The number of rotatable bonds is 8. The van der Waals surface area contributed by atoms with E-state index in [1.54, 1.807) is 42.4 Å². The predicted molar refractivity (Wildman–Crippen MR) is 130 cm³/mol. The van der Waals surface area contributed by atoms with Gasteiger partial charge in [0, 0.05) is 12.6 Å². The number of hydrogen-bond acceptors (Lipinski definition) is 4. The van der Waals surface area contributed by atoms with Crippen molar-refractivity contribution in [3.63, 3.8) is 0 Å². The molecule has 33 heavy (non-hydrogen) atoms.